The van der Waals surface area contributed by atoms with E-state index in [1.807, 2.05) is 32.0 Å². The third kappa shape index (κ3) is 6.05. The van der Waals surface area contributed by atoms with E-state index in [9.17, 15) is 9.59 Å². The van der Waals surface area contributed by atoms with Crippen LogP contribution in [0.5, 0.6) is 0 Å². The number of aromatic amines is 1. The van der Waals surface area contributed by atoms with Crippen LogP contribution in [0.25, 0.3) is 0 Å². The number of esters is 1. The first kappa shape index (κ1) is 26.1. The molecule has 2 aromatic heterocycles. The van der Waals surface area contributed by atoms with Crippen LogP contribution in [0.4, 0.5) is 5.13 Å². The molecule has 1 aliphatic rings. The number of aryl methyl sites for hydroxylation is 2. The van der Waals surface area contributed by atoms with Gasteiger partial charge in [-0.15, -0.1) is 0 Å². The van der Waals surface area contributed by atoms with Crippen molar-refractivity contribution in [2.45, 2.75) is 52.2 Å². The Morgan fingerprint density at radius 3 is 2.69 bits per heavy atom. The Kier molecular flexibility index (Phi) is 8.60. The highest BCUT2D eigenvalue weighted by Gasteiger charge is 2.33. The van der Waals surface area contributed by atoms with E-state index < -0.39 is 0 Å². The first-order valence-corrected chi connectivity index (χ1v) is 13.3. The number of nitrogens with zero attached hydrogens (tertiary/aromatic N) is 3. The number of rotatable bonds is 9. The average molecular weight is 531 g/mol. The molecule has 0 radical (unpaired) electrons. The molecule has 192 valence electrons. The molecule has 11 heteroatoms. The molecule has 0 aliphatic carbocycles. The van der Waals surface area contributed by atoms with Gasteiger partial charge in [-0.3, -0.25) is 4.79 Å². The normalized spacial score (nSPS) is 17.7. The molecule has 3 N–H and O–H groups in total. The van der Waals surface area contributed by atoms with Crippen LogP contribution >= 0.6 is 22.9 Å². The summed E-state index contributed by atoms with van der Waals surface area (Å²) in [7, 11) is 0. The predicted molar refractivity (Wildman–Crippen MR) is 141 cm³/mol. The zero-order valence-electron chi connectivity index (χ0n) is 20.6. The first-order valence-electron chi connectivity index (χ1n) is 12.1. The Labute approximate surface area is 219 Å². The van der Waals surface area contributed by atoms with Gasteiger partial charge in [0, 0.05) is 31.7 Å². The van der Waals surface area contributed by atoms with Gasteiger partial charge in [0.2, 0.25) is 0 Å². The Bertz CT molecular complexity index is 1200. The number of anilines is 1. The maximum atomic E-state index is 13.0. The maximum absolute atomic E-state index is 13.0. The van der Waals surface area contributed by atoms with E-state index in [0.717, 1.165) is 16.4 Å². The molecular formula is C25H31ClN6O3S. The molecule has 0 spiro atoms. The van der Waals surface area contributed by atoms with Crippen LogP contribution in [-0.2, 0) is 17.7 Å². The van der Waals surface area contributed by atoms with Gasteiger partial charge in [0.25, 0.3) is 5.91 Å². The third-order valence-corrected chi connectivity index (χ3v) is 7.66. The van der Waals surface area contributed by atoms with Crippen molar-refractivity contribution in [1.29, 1.82) is 0 Å². The summed E-state index contributed by atoms with van der Waals surface area (Å²) < 4.78 is 5.17. The molecule has 3 heterocycles. The molecule has 0 bridgehead atoms. The van der Waals surface area contributed by atoms with Crippen LogP contribution in [0.3, 0.4) is 0 Å². The summed E-state index contributed by atoms with van der Waals surface area (Å²) in [6, 6.07) is 9.93. The number of nitrogens with one attached hydrogen (secondary N) is 3. The van der Waals surface area contributed by atoms with Crippen LogP contribution in [0.15, 0.2) is 30.3 Å². The molecule has 0 unspecified atom stereocenters. The Balaban J connectivity index is 1.50. The van der Waals surface area contributed by atoms with Crippen molar-refractivity contribution in [2.24, 2.45) is 0 Å². The van der Waals surface area contributed by atoms with Crippen molar-refractivity contribution in [3.8, 4) is 0 Å². The Morgan fingerprint density at radius 1 is 1.22 bits per heavy atom. The minimum absolute atomic E-state index is 0.0609. The highest BCUT2D eigenvalue weighted by atomic mass is 35.5. The summed E-state index contributed by atoms with van der Waals surface area (Å²) >= 11 is 7.49. The minimum Gasteiger partial charge on any atom is -0.462 e. The fraction of sp³-hybridized carbons (Fsp3) is 0.440. The number of aromatic nitrogens is 3. The van der Waals surface area contributed by atoms with Gasteiger partial charge in [0.1, 0.15) is 4.88 Å². The number of piperidine rings is 1. The van der Waals surface area contributed by atoms with Crippen molar-refractivity contribution in [3.05, 3.63) is 63.1 Å². The van der Waals surface area contributed by atoms with Gasteiger partial charge in [0.05, 0.1) is 18.0 Å². The standard InChI is InChI=1S/C25H31ClN6O3S/c1-4-17-21(26)31-22(29-17)23(33)30-18-11-12-32(14-19(18)27-13-16-9-7-6-8-10-16)25-28-15(3)20(36-25)24(34)35-5-2/h6-10,18-19,27H,4-5,11-14H2,1-3H3,(H,29,31)(H,30,33)/t18-,19-/m1/s1. The lowest BCUT2D eigenvalue weighted by Gasteiger charge is -2.39. The summed E-state index contributed by atoms with van der Waals surface area (Å²) in [5.41, 5.74) is 2.56. The fourth-order valence-electron chi connectivity index (χ4n) is 4.22. The summed E-state index contributed by atoms with van der Waals surface area (Å²) in [4.78, 5) is 39.8. The molecule has 2 atom stereocenters. The number of H-pyrrole nitrogens is 1. The molecule has 0 saturated carbocycles. The molecule has 1 amide bonds. The number of ether oxygens (including phenoxy) is 1. The van der Waals surface area contributed by atoms with Crippen molar-refractivity contribution < 1.29 is 14.3 Å². The zero-order valence-corrected chi connectivity index (χ0v) is 22.2. The van der Waals surface area contributed by atoms with Gasteiger partial charge in [-0.1, -0.05) is 60.2 Å². The molecule has 3 aromatic rings. The Hall–Kier alpha value is -2.95. The molecular weight excluding hydrogens is 500 g/mol. The quantitative estimate of drug-likeness (QED) is 0.361. The number of halogens is 1. The number of amides is 1. The molecule has 9 nitrogen and oxygen atoms in total. The predicted octanol–water partition coefficient (Wildman–Crippen LogP) is 3.73. The highest BCUT2D eigenvalue weighted by molar-refractivity contribution is 7.17. The van der Waals surface area contributed by atoms with E-state index >= 15 is 0 Å². The largest absolute Gasteiger partial charge is 0.462 e. The second kappa shape index (κ2) is 11.9. The van der Waals surface area contributed by atoms with E-state index in [1.54, 1.807) is 6.92 Å². The van der Waals surface area contributed by atoms with Crippen LogP contribution in [-0.4, -0.2) is 58.6 Å². The van der Waals surface area contributed by atoms with Crippen molar-refractivity contribution in [2.75, 3.05) is 24.6 Å². The second-order valence-corrected chi connectivity index (χ2v) is 9.96. The zero-order chi connectivity index (χ0) is 25.7. The summed E-state index contributed by atoms with van der Waals surface area (Å²) in [6.45, 7) is 7.84. The SMILES string of the molecule is CCOC(=O)c1sc(N2CC[C@@H](NC(=O)c3nc(Cl)c(CC)[nH]3)[C@H](NCc3ccccc3)C2)nc1C. The first-order chi connectivity index (χ1) is 17.4. The van der Waals surface area contributed by atoms with E-state index in [4.69, 9.17) is 16.3 Å². The van der Waals surface area contributed by atoms with Gasteiger partial charge in [-0.05, 0) is 32.3 Å². The Morgan fingerprint density at radius 2 is 2.00 bits per heavy atom. The van der Waals surface area contributed by atoms with Gasteiger partial charge in [-0.25, -0.2) is 14.8 Å². The number of carbonyl (C=O) groups excluding carboxylic acids is 2. The van der Waals surface area contributed by atoms with Crippen molar-refractivity contribution in [3.63, 3.8) is 0 Å². The summed E-state index contributed by atoms with van der Waals surface area (Å²) in [5.74, 6) is -0.407. The topological polar surface area (TPSA) is 112 Å². The fourth-order valence-corrected chi connectivity index (χ4v) is 5.48. The number of benzene rings is 1. The van der Waals surface area contributed by atoms with E-state index in [2.05, 4.69) is 42.6 Å². The number of thiazole rings is 1. The van der Waals surface area contributed by atoms with Crippen LogP contribution < -0.4 is 15.5 Å². The maximum Gasteiger partial charge on any atom is 0.350 e. The van der Waals surface area contributed by atoms with Crippen LogP contribution in [0.2, 0.25) is 5.15 Å². The summed E-state index contributed by atoms with van der Waals surface area (Å²) in [5, 5.41) is 7.85. The van der Waals surface area contributed by atoms with Crippen LogP contribution in [0, 0.1) is 6.92 Å². The number of hydrogen-bond donors (Lipinski definition) is 3. The summed E-state index contributed by atoms with van der Waals surface area (Å²) in [6.07, 6.45) is 1.36. The van der Waals surface area contributed by atoms with Gasteiger partial charge in [-0.2, -0.15) is 0 Å². The van der Waals surface area contributed by atoms with Gasteiger partial charge >= 0.3 is 5.97 Å². The van der Waals surface area contributed by atoms with E-state index in [1.165, 1.54) is 11.3 Å². The average Bonchev–Trinajstić information content (AvgIpc) is 3.46. The number of imidazole rings is 1. The van der Waals surface area contributed by atoms with Crippen molar-refractivity contribution >= 4 is 39.9 Å². The molecule has 1 aliphatic heterocycles. The van der Waals surface area contributed by atoms with E-state index in [-0.39, 0.29) is 29.8 Å². The molecule has 1 saturated heterocycles. The third-order valence-electron chi connectivity index (χ3n) is 6.15. The lowest BCUT2D eigenvalue weighted by molar-refractivity contribution is 0.0531. The molecule has 1 fully saturated rings. The molecule has 4 rings (SSSR count). The van der Waals surface area contributed by atoms with Crippen molar-refractivity contribution in [1.82, 2.24) is 25.6 Å². The van der Waals surface area contributed by atoms with Gasteiger partial charge < -0.3 is 25.3 Å². The number of hydrogen-bond acceptors (Lipinski definition) is 8. The number of carbonyl (C=O) groups is 2. The monoisotopic (exact) mass is 530 g/mol. The minimum atomic E-state index is -0.344. The lowest BCUT2D eigenvalue weighted by atomic mass is 9.99. The van der Waals surface area contributed by atoms with Gasteiger partial charge in [0.15, 0.2) is 16.1 Å². The smallest absolute Gasteiger partial charge is 0.350 e. The highest BCUT2D eigenvalue weighted by Crippen LogP contribution is 2.29. The lowest BCUT2D eigenvalue weighted by Crippen LogP contribution is -2.59. The second-order valence-electron chi connectivity index (χ2n) is 8.63. The molecule has 1 aromatic carbocycles. The van der Waals surface area contributed by atoms with Crippen LogP contribution in [0.1, 0.15) is 57.5 Å². The van der Waals surface area contributed by atoms with E-state index in [0.29, 0.717) is 54.8 Å². The molecule has 36 heavy (non-hydrogen) atoms.